The van der Waals surface area contributed by atoms with Crippen LogP contribution in [0.5, 0.6) is 0 Å². The molecule has 0 N–H and O–H groups in total. The predicted octanol–water partition coefficient (Wildman–Crippen LogP) is 3.58. The van der Waals surface area contributed by atoms with Gasteiger partial charge in [-0.1, -0.05) is 44.2 Å². The second-order valence-corrected chi connectivity index (χ2v) is 6.34. The van der Waals surface area contributed by atoms with Gasteiger partial charge in [0.05, 0.1) is 12.2 Å². The van der Waals surface area contributed by atoms with Crippen molar-refractivity contribution in [3.8, 4) is 11.4 Å². The monoisotopic (exact) mass is 317 g/mol. The van der Waals surface area contributed by atoms with E-state index in [4.69, 9.17) is 4.98 Å². The van der Waals surface area contributed by atoms with E-state index in [1.807, 2.05) is 42.7 Å². The van der Waals surface area contributed by atoms with Crippen molar-refractivity contribution in [1.82, 2.24) is 19.9 Å². The average molecular weight is 317 g/mol. The molecule has 0 radical (unpaired) electrons. The molecule has 4 rings (SSSR count). The Hall–Kier alpha value is -2.82. The molecule has 0 bridgehead atoms. The van der Waals surface area contributed by atoms with Gasteiger partial charge in [-0.15, -0.1) is 0 Å². The summed E-state index contributed by atoms with van der Waals surface area (Å²) in [5.41, 5.74) is 4.46. The molecule has 120 valence electrons. The van der Waals surface area contributed by atoms with E-state index in [1.54, 1.807) is 6.33 Å². The molecule has 0 amide bonds. The van der Waals surface area contributed by atoms with Crippen LogP contribution in [0.1, 0.15) is 36.6 Å². The van der Waals surface area contributed by atoms with Crippen LogP contribution in [0.2, 0.25) is 0 Å². The molecule has 2 aromatic heterocycles. The summed E-state index contributed by atoms with van der Waals surface area (Å²) in [4.78, 5) is 20.3. The highest BCUT2D eigenvalue weighted by molar-refractivity contribution is 5.56. The normalized spacial score (nSPS) is 13.4. The number of aromatic nitrogens is 4. The minimum atomic E-state index is 0.385. The number of benzene rings is 1. The fraction of sp³-hybridized carbons (Fsp3) is 0.263. The summed E-state index contributed by atoms with van der Waals surface area (Å²) in [6.45, 7) is 5.88. The van der Waals surface area contributed by atoms with E-state index in [2.05, 4.69) is 33.7 Å². The van der Waals surface area contributed by atoms with Gasteiger partial charge in [0.2, 0.25) is 0 Å². The smallest absolute Gasteiger partial charge is 0.159 e. The topological polar surface area (TPSA) is 54.8 Å². The maximum absolute atomic E-state index is 4.78. The van der Waals surface area contributed by atoms with Crippen molar-refractivity contribution in [2.45, 2.75) is 32.9 Å². The lowest BCUT2D eigenvalue weighted by molar-refractivity contribution is 0.787. The van der Waals surface area contributed by atoms with Crippen molar-refractivity contribution in [3.63, 3.8) is 0 Å². The Morgan fingerprint density at radius 2 is 1.83 bits per heavy atom. The van der Waals surface area contributed by atoms with Gasteiger partial charge in [0.15, 0.2) is 5.82 Å². The Bertz CT molecular complexity index is 861. The minimum Gasteiger partial charge on any atom is -0.346 e. The summed E-state index contributed by atoms with van der Waals surface area (Å²) in [6.07, 6.45) is 5.48. The van der Waals surface area contributed by atoms with Crippen molar-refractivity contribution < 1.29 is 0 Å². The number of nitrogens with zero attached hydrogens (tertiary/aromatic N) is 5. The fourth-order valence-electron chi connectivity index (χ4n) is 3.03. The Balaban J connectivity index is 1.66. The summed E-state index contributed by atoms with van der Waals surface area (Å²) in [7, 11) is 0. The zero-order valence-corrected chi connectivity index (χ0v) is 13.8. The van der Waals surface area contributed by atoms with Crippen LogP contribution in [0.15, 0.2) is 49.1 Å². The van der Waals surface area contributed by atoms with Gasteiger partial charge < -0.3 is 4.90 Å². The molecule has 0 atom stereocenters. The zero-order chi connectivity index (χ0) is 16.5. The average Bonchev–Trinajstić information content (AvgIpc) is 3.05. The third-order valence-corrected chi connectivity index (χ3v) is 4.33. The molecule has 5 heteroatoms. The lowest BCUT2D eigenvalue weighted by atomic mass is 10.1. The van der Waals surface area contributed by atoms with Crippen molar-refractivity contribution in [2.24, 2.45) is 0 Å². The van der Waals surface area contributed by atoms with Gasteiger partial charge in [-0.2, -0.15) is 0 Å². The van der Waals surface area contributed by atoms with E-state index in [1.165, 1.54) is 11.1 Å². The Labute approximate surface area is 141 Å². The predicted molar refractivity (Wildman–Crippen MR) is 93.5 cm³/mol. The molecule has 0 saturated carbocycles. The van der Waals surface area contributed by atoms with Crippen molar-refractivity contribution in [2.75, 3.05) is 4.90 Å². The molecule has 1 aliphatic rings. The van der Waals surface area contributed by atoms with Crippen LogP contribution in [0.4, 0.5) is 5.82 Å². The largest absolute Gasteiger partial charge is 0.346 e. The Morgan fingerprint density at radius 1 is 1.00 bits per heavy atom. The maximum atomic E-state index is 4.78. The fourth-order valence-corrected chi connectivity index (χ4v) is 3.03. The van der Waals surface area contributed by atoms with E-state index in [9.17, 15) is 0 Å². The number of fused-ring (bicyclic) bond motifs is 1. The first kappa shape index (κ1) is 14.8. The second-order valence-electron chi connectivity index (χ2n) is 6.34. The molecule has 0 unspecified atom stereocenters. The van der Waals surface area contributed by atoms with Crippen molar-refractivity contribution in [1.29, 1.82) is 0 Å². The number of anilines is 1. The standard InChI is InChI=1S/C19H19N5/c1-13(2)16-9-20-12-22-19(16)24-10-15-8-21-18(23-17(15)11-24)14-6-4-3-5-7-14/h3-9,12-13H,10-11H2,1-2H3. The molecular weight excluding hydrogens is 298 g/mol. The van der Waals surface area contributed by atoms with Crippen LogP contribution >= 0.6 is 0 Å². The Morgan fingerprint density at radius 3 is 2.62 bits per heavy atom. The molecule has 0 aliphatic carbocycles. The van der Waals surface area contributed by atoms with E-state index in [-0.39, 0.29) is 0 Å². The number of rotatable bonds is 3. The summed E-state index contributed by atoms with van der Waals surface area (Å²) in [6, 6.07) is 10.1. The van der Waals surface area contributed by atoms with Crippen LogP contribution in [0.3, 0.4) is 0 Å². The summed E-state index contributed by atoms with van der Waals surface area (Å²) in [5.74, 6) is 2.16. The molecule has 1 aliphatic heterocycles. The van der Waals surface area contributed by atoms with Gasteiger partial charge in [-0.05, 0) is 5.92 Å². The highest BCUT2D eigenvalue weighted by atomic mass is 15.2. The first-order chi connectivity index (χ1) is 11.7. The van der Waals surface area contributed by atoms with Crippen LogP contribution in [-0.2, 0) is 13.1 Å². The van der Waals surface area contributed by atoms with Gasteiger partial charge in [0, 0.05) is 35.6 Å². The third-order valence-electron chi connectivity index (χ3n) is 4.33. The molecule has 0 saturated heterocycles. The van der Waals surface area contributed by atoms with Gasteiger partial charge in [-0.25, -0.2) is 19.9 Å². The molecule has 1 aromatic carbocycles. The molecule has 24 heavy (non-hydrogen) atoms. The Kier molecular flexibility index (Phi) is 3.69. The molecule has 3 heterocycles. The maximum Gasteiger partial charge on any atom is 0.159 e. The van der Waals surface area contributed by atoms with Crippen LogP contribution < -0.4 is 4.90 Å². The number of hydrogen-bond donors (Lipinski definition) is 0. The zero-order valence-electron chi connectivity index (χ0n) is 13.8. The molecule has 5 nitrogen and oxygen atoms in total. The highest BCUT2D eigenvalue weighted by Gasteiger charge is 2.25. The molecular formula is C19H19N5. The van der Waals surface area contributed by atoms with Crippen LogP contribution in [0.25, 0.3) is 11.4 Å². The van der Waals surface area contributed by atoms with Crippen molar-refractivity contribution in [3.05, 3.63) is 65.9 Å². The van der Waals surface area contributed by atoms with E-state index < -0.39 is 0 Å². The second kappa shape index (κ2) is 6.00. The first-order valence-electron chi connectivity index (χ1n) is 8.17. The minimum absolute atomic E-state index is 0.385. The first-order valence-corrected chi connectivity index (χ1v) is 8.17. The number of hydrogen-bond acceptors (Lipinski definition) is 5. The van der Waals surface area contributed by atoms with Gasteiger partial charge in [0.25, 0.3) is 0 Å². The van der Waals surface area contributed by atoms with E-state index in [0.717, 1.165) is 36.0 Å². The SMILES string of the molecule is CC(C)c1cncnc1N1Cc2cnc(-c3ccccc3)nc2C1. The van der Waals surface area contributed by atoms with Crippen LogP contribution in [0, 0.1) is 0 Å². The molecule has 0 fully saturated rings. The lowest BCUT2D eigenvalue weighted by Crippen LogP contribution is -2.18. The summed E-state index contributed by atoms with van der Waals surface area (Å²) in [5, 5.41) is 0. The van der Waals surface area contributed by atoms with E-state index >= 15 is 0 Å². The van der Waals surface area contributed by atoms with Crippen molar-refractivity contribution >= 4 is 5.82 Å². The van der Waals surface area contributed by atoms with E-state index in [0.29, 0.717) is 5.92 Å². The third kappa shape index (κ3) is 2.62. The summed E-state index contributed by atoms with van der Waals surface area (Å²) < 4.78 is 0. The van der Waals surface area contributed by atoms with Gasteiger partial charge >= 0.3 is 0 Å². The molecule has 0 spiro atoms. The highest BCUT2D eigenvalue weighted by Crippen LogP contribution is 2.31. The lowest BCUT2D eigenvalue weighted by Gasteiger charge is -2.20. The van der Waals surface area contributed by atoms with Gasteiger partial charge in [-0.3, -0.25) is 0 Å². The molecule has 3 aromatic rings. The quantitative estimate of drug-likeness (QED) is 0.739. The van der Waals surface area contributed by atoms with Gasteiger partial charge in [0.1, 0.15) is 12.1 Å². The van der Waals surface area contributed by atoms with Crippen LogP contribution in [-0.4, -0.2) is 19.9 Å². The summed E-state index contributed by atoms with van der Waals surface area (Å²) >= 11 is 0.